The van der Waals surface area contributed by atoms with Gasteiger partial charge in [-0.15, -0.1) is 0 Å². The molecule has 0 saturated heterocycles. The standard InChI is InChI=1S/C11H16.C2H6/c1-3-4-5-6-11-8-7-10(2)9-11;1-2/h3-6,9-10H,7-8H2,1-2H3;1-2H3/b4-3-,6-5-;. The second-order valence-electron chi connectivity index (χ2n) is 3.14. The molecule has 0 aromatic rings. The molecule has 0 saturated carbocycles. The molecular weight excluding hydrogens is 156 g/mol. The Morgan fingerprint density at radius 1 is 1.31 bits per heavy atom. The Morgan fingerprint density at radius 3 is 2.46 bits per heavy atom. The minimum atomic E-state index is 0.792. The number of allylic oxidation sites excluding steroid dienone is 6. The van der Waals surface area contributed by atoms with Crippen LogP contribution in [0.5, 0.6) is 0 Å². The lowest BCUT2D eigenvalue weighted by Gasteiger charge is -1.89. The molecule has 0 heterocycles. The average molecular weight is 178 g/mol. The van der Waals surface area contributed by atoms with Crippen molar-refractivity contribution in [2.45, 2.75) is 40.5 Å². The van der Waals surface area contributed by atoms with Gasteiger partial charge in [0, 0.05) is 0 Å². The molecule has 0 heteroatoms. The summed E-state index contributed by atoms with van der Waals surface area (Å²) in [4.78, 5) is 0. The van der Waals surface area contributed by atoms with Crippen molar-refractivity contribution in [3.8, 4) is 0 Å². The van der Waals surface area contributed by atoms with Crippen LogP contribution in [0.4, 0.5) is 0 Å². The molecule has 1 rings (SSSR count). The first-order valence-electron chi connectivity index (χ1n) is 5.33. The van der Waals surface area contributed by atoms with Crippen molar-refractivity contribution in [2.24, 2.45) is 5.92 Å². The van der Waals surface area contributed by atoms with E-state index in [1.54, 1.807) is 0 Å². The smallest absolute Gasteiger partial charge is 0.0253 e. The zero-order chi connectivity index (χ0) is 10.1. The number of hydrogen-bond donors (Lipinski definition) is 0. The third-order valence-corrected chi connectivity index (χ3v) is 2.00. The highest BCUT2D eigenvalue weighted by Crippen LogP contribution is 2.23. The first-order valence-corrected chi connectivity index (χ1v) is 5.33. The summed E-state index contributed by atoms with van der Waals surface area (Å²) in [6, 6.07) is 0. The Bertz CT molecular complexity index is 194. The Labute approximate surface area is 83.0 Å². The van der Waals surface area contributed by atoms with E-state index in [0.29, 0.717) is 0 Å². The van der Waals surface area contributed by atoms with E-state index in [-0.39, 0.29) is 0 Å². The molecule has 0 aromatic carbocycles. The van der Waals surface area contributed by atoms with Gasteiger partial charge in [0.05, 0.1) is 0 Å². The molecule has 0 nitrogen and oxygen atoms in total. The highest BCUT2D eigenvalue weighted by molar-refractivity contribution is 5.25. The van der Waals surface area contributed by atoms with Crippen LogP contribution in [-0.4, -0.2) is 0 Å². The van der Waals surface area contributed by atoms with Gasteiger partial charge in [0.2, 0.25) is 0 Å². The summed E-state index contributed by atoms with van der Waals surface area (Å²) in [6.07, 6.45) is 13.4. The zero-order valence-electron chi connectivity index (χ0n) is 9.38. The lowest BCUT2D eigenvalue weighted by Crippen LogP contribution is -1.76. The van der Waals surface area contributed by atoms with Crippen molar-refractivity contribution < 1.29 is 0 Å². The third-order valence-electron chi connectivity index (χ3n) is 2.00. The van der Waals surface area contributed by atoms with Crippen LogP contribution in [0, 0.1) is 5.92 Å². The van der Waals surface area contributed by atoms with E-state index in [1.807, 2.05) is 20.8 Å². The van der Waals surface area contributed by atoms with Crippen LogP contribution in [0.2, 0.25) is 0 Å². The van der Waals surface area contributed by atoms with Crippen molar-refractivity contribution in [2.75, 3.05) is 0 Å². The minimum Gasteiger partial charge on any atom is -0.0877 e. The van der Waals surface area contributed by atoms with Gasteiger partial charge in [0.1, 0.15) is 0 Å². The monoisotopic (exact) mass is 178 g/mol. The average Bonchev–Trinajstić information content (AvgIpc) is 2.56. The SMILES string of the molecule is C/C=C\C=C/C1=CC(C)CC1.CC. The van der Waals surface area contributed by atoms with E-state index in [9.17, 15) is 0 Å². The molecule has 1 unspecified atom stereocenters. The van der Waals surface area contributed by atoms with Crippen molar-refractivity contribution in [1.82, 2.24) is 0 Å². The van der Waals surface area contributed by atoms with Gasteiger partial charge in [-0.3, -0.25) is 0 Å². The summed E-state index contributed by atoms with van der Waals surface area (Å²) in [7, 11) is 0. The van der Waals surface area contributed by atoms with Gasteiger partial charge < -0.3 is 0 Å². The van der Waals surface area contributed by atoms with Crippen LogP contribution in [0.3, 0.4) is 0 Å². The maximum atomic E-state index is 2.36. The van der Waals surface area contributed by atoms with E-state index in [4.69, 9.17) is 0 Å². The van der Waals surface area contributed by atoms with Crippen molar-refractivity contribution in [3.63, 3.8) is 0 Å². The van der Waals surface area contributed by atoms with Gasteiger partial charge in [-0.2, -0.15) is 0 Å². The van der Waals surface area contributed by atoms with Crippen LogP contribution in [0.25, 0.3) is 0 Å². The molecule has 0 bridgehead atoms. The van der Waals surface area contributed by atoms with Crippen molar-refractivity contribution in [1.29, 1.82) is 0 Å². The molecule has 0 N–H and O–H groups in total. The molecule has 0 aliphatic heterocycles. The van der Waals surface area contributed by atoms with Crippen LogP contribution in [0.1, 0.15) is 40.5 Å². The van der Waals surface area contributed by atoms with Gasteiger partial charge in [-0.1, -0.05) is 56.7 Å². The second-order valence-corrected chi connectivity index (χ2v) is 3.14. The molecule has 1 aliphatic carbocycles. The fraction of sp³-hybridized carbons (Fsp3) is 0.538. The topological polar surface area (TPSA) is 0 Å². The van der Waals surface area contributed by atoms with Crippen LogP contribution in [-0.2, 0) is 0 Å². The Hall–Kier alpha value is -0.780. The first kappa shape index (κ1) is 12.2. The summed E-state index contributed by atoms with van der Waals surface area (Å²) in [5, 5.41) is 0. The van der Waals surface area contributed by atoms with E-state index >= 15 is 0 Å². The summed E-state index contributed by atoms with van der Waals surface area (Å²) in [6.45, 7) is 8.31. The molecule has 0 fully saturated rings. The Kier molecular flexibility index (Phi) is 7.38. The highest BCUT2D eigenvalue weighted by atomic mass is 14.1. The predicted octanol–water partition coefficient (Wildman–Crippen LogP) is 4.50. The molecule has 0 aromatic heterocycles. The first-order chi connectivity index (χ1) is 6.33. The molecule has 1 atom stereocenters. The summed E-state index contributed by atoms with van der Waals surface area (Å²) in [5.41, 5.74) is 1.50. The second kappa shape index (κ2) is 7.85. The molecule has 74 valence electrons. The molecule has 0 radical (unpaired) electrons. The molecule has 0 spiro atoms. The summed E-state index contributed by atoms with van der Waals surface area (Å²) >= 11 is 0. The summed E-state index contributed by atoms with van der Waals surface area (Å²) in [5.74, 6) is 0.792. The van der Waals surface area contributed by atoms with Crippen LogP contribution in [0.15, 0.2) is 36.0 Å². The minimum absolute atomic E-state index is 0.792. The molecule has 0 amide bonds. The highest BCUT2D eigenvalue weighted by Gasteiger charge is 2.07. The summed E-state index contributed by atoms with van der Waals surface area (Å²) < 4.78 is 0. The fourth-order valence-electron chi connectivity index (χ4n) is 1.36. The normalized spacial score (nSPS) is 21.8. The number of hydrogen-bond acceptors (Lipinski definition) is 0. The van der Waals surface area contributed by atoms with E-state index < -0.39 is 0 Å². The number of rotatable bonds is 2. The molecule has 1 aliphatic rings. The van der Waals surface area contributed by atoms with E-state index in [2.05, 4.69) is 37.3 Å². The van der Waals surface area contributed by atoms with Crippen molar-refractivity contribution >= 4 is 0 Å². The van der Waals surface area contributed by atoms with Gasteiger partial charge in [-0.05, 0) is 25.7 Å². The molecular formula is C13H22. The van der Waals surface area contributed by atoms with E-state index in [0.717, 1.165) is 5.92 Å². The quantitative estimate of drug-likeness (QED) is 0.546. The van der Waals surface area contributed by atoms with E-state index in [1.165, 1.54) is 18.4 Å². The fourth-order valence-corrected chi connectivity index (χ4v) is 1.36. The van der Waals surface area contributed by atoms with Gasteiger partial charge >= 0.3 is 0 Å². The Balaban J connectivity index is 0.000000671. The van der Waals surface area contributed by atoms with Gasteiger partial charge in [-0.25, -0.2) is 0 Å². The van der Waals surface area contributed by atoms with Crippen molar-refractivity contribution in [3.05, 3.63) is 36.0 Å². The lowest BCUT2D eigenvalue weighted by molar-refractivity contribution is 0.699. The maximum Gasteiger partial charge on any atom is -0.0253 e. The third kappa shape index (κ3) is 5.46. The lowest BCUT2D eigenvalue weighted by atomic mass is 10.2. The largest absolute Gasteiger partial charge is 0.0877 e. The predicted molar refractivity (Wildman–Crippen MR) is 61.8 cm³/mol. The zero-order valence-corrected chi connectivity index (χ0v) is 9.38. The maximum absolute atomic E-state index is 2.36. The van der Waals surface area contributed by atoms with Gasteiger partial charge in [0.25, 0.3) is 0 Å². The molecule has 13 heavy (non-hydrogen) atoms. The van der Waals surface area contributed by atoms with Gasteiger partial charge in [0.15, 0.2) is 0 Å². The Morgan fingerprint density at radius 2 is 2.00 bits per heavy atom. The van der Waals surface area contributed by atoms with Crippen LogP contribution >= 0.6 is 0 Å². The van der Waals surface area contributed by atoms with Crippen LogP contribution < -0.4 is 0 Å².